The third-order valence-corrected chi connectivity index (χ3v) is 12.3. The van der Waals surface area contributed by atoms with Gasteiger partial charge in [-0.2, -0.15) is 0 Å². The molecule has 4 fully saturated rings. The van der Waals surface area contributed by atoms with Gasteiger partial charge in [0.25, 0.3) is 0 Å². The van der Waals surface area contributed by atoms with Crippen molar-refractivity contribution in [2.75, 3.05) is 6.54 Å². The van der Waals surface area contributed by atoms with Gasteiger partial charge in [-0.1, -0.05) is 78.9 Å². The molecule has 38 heavy (non-hydrogen) atoms. The fraction of sp³-hybridized carbons (Fsp3) is 0.917. The Morgan fingerprint density at radius 3 is 2.29 bits per heavy atom. The molecule has 2 heteroatoms. The molecule has 0 spiro atoms. The van der Waals surface area contributed by atoms with Crippen LogP contribution < -0.4 is 0 Å². The number of allylic oxidation sites excluding steroid dienone is 1. The third kappa shape index (κ3) is 6.01. The maximum atomic E-state index is 5.73. The molecule has 0 N–H and O–H groups in total. The zero-order valence-electron chi connectivity index (χ0n) is 26.1. The SMILES string of the molecule is C=C(C(CC)CC(C)C)C(C1CC1)C1CCC(C)C(C2C3=NC(CC4CCCC4)CCC3C(C)N2CC)C1. The van der Waals surface area contributed by atoms with E-state index in [4.69, 9.17) is 11.6 Å². The average molecular weight is 523 g/mol. The average Bonchev–Trinajstić information content (AvgIpc) is 3.52. The second-order valence-corrected chi connectivity index (χ2v) is 15.2. The summed E-state index contributed by atoms with van der Waals surface area (Å²) in [5.41, 5.74) is 3.32. The van der Waals surface area contributed by atoms with Crippen LogP contribution in [0.15, 0.2) is 17.1 Å². The van der Waals surface area contributed by atoms with Crippen molar-refractivity contribution >= 4 is 5.71 Å². The van der Waals surface area contributed by atoms with Gasteiger partial charge >= 0.3 is 0 Å². The fourth-order valence-corrected chi connectivity index (χ4v) is 10.1. The van der Waals surface area contributed by atoms with Crippen LogP contribution >= 0.6 is 0 Å². The highest BCUT2D eigenvalue weighted by Gasteiger charge is 2.51. The molecule has 0 amide bonds. The van der Waals surface area contributed by atoms with E-state index < -0.39 is 0 Å². The summed E-state index contributed by atoms with van der Waals surface area (Å²) in [6.07, 6.45) is 19.8. The number of fused-ring (bicyclic) bond motifs is 1. The highest BCUT2D eigenvalue weighted by molar-refractivity contribution is 5.95. The first-order valence-corrected chi connectivity index (χ1v) is 17.3. The van der Waals surface area contributed by atoms with Crippen molar-refractivity contribution in [2.45, 2.75) is 150 Å². The molecule has 9 atom stereocenters. The molecule has 2 aliphatic heterocycles. The van der Waals surface area contributed by atoms with Crippen LogP contribution in [-0.2, 0) is 0 Å². The van der Waals surface area contributed by atoms with E-state index in [-0.39, 0.29) is 0 Å². The summed E-state index contributed by atoms with van der Waals surface area (Å²) >= 11 is 0. The molecule has 5 aliphatic rings. The standard InChI is InChI=1S/C36H62N2/c1-8-28(20-23(3)4)25(6)34(29-16-17-29)30-15-14-24(5)33(22-30)36-35-32(26(7)38(36)9-2)19-18-31(37-35)21-27-12-10-11-13-27/h23-24,26-34,36H,6,8-22H2,1-5,7H3. The van der Waals surface area contributed by atoms with Crippen LogP contribution in [0.3, 0.4) is 0 Å². The zero-order chi connectivity index (χ0) is 27.0. The minimum atomic E-state index is 0.606. The Morgan fingerprint density at radius 2 is 1.66 bits per heavy atom. The van der Waals surface area contributed by atoms with Crippen molar-refractivity contribution in [3.63, 3.8) is 0 Å². The van der Waals surface area contributed by atoms with Crippen LogP contribution in [-0.4, -0.2) is 35.3 Å². The molecule has 0 radical (unpaired) electrons. The molecular weight excluding hydrogens is 460 g/mol. The van der Waals surface area contributed by atoms with Gasteiger partial charge in [-0.25, -0.2) is 0 Å². The Kier molecular flexibility index (Phi) is 9.49. The summed E-state index contributed by atoms with van der Waals surface area (Å²) < 4.78 is 0. The highest BCUT2D eigenvalue weighted by atomic mass is 15.2. The predicted octanol–water partition coefficient (Wildman–Crippen LogP) is 9.59. The van der Waals surface area contributed by atoms with E-state index in [1.807, 2.05) is 0 Å². The molecule has 2 heterocycles. The lowest BCUT2D eigenvalue weighted by molar-refractivity contribution is 0.0764. The van der Waals surface area contributed by atoms with Gasteiger partial charge in [0.15, 0.2) is 0 Å². The molecule has 1 saturated heterocycles. The second kappa shape index (κ2) is 12.5. The Morgan fingerprint density at radius 1 is 0.947 bits per heavy atom. The first-order chi connectivity index (χ1) is 18.3. The van der Waals surface area contributed by atoms with Crippen LogP contribution in [0.4, 0.5) is 0 Å². The fourth-order valence-electron chi connectivity index (χ4n) is 10.1. The Labute approximate surface area is 236 Å². The van der Waals surface area contributed by atoms with Crippen LogP contribution in [0.1, 0.15) is 131 Å². The van der Waals surface area contributed by atoms with Crippen molar-refractivity contribution in [2.24, 2.45) is 58.3 Å². The van der Waals surface area contributed by atoms with E-state index in [0.29, 0.717) is 18.1 Å². The van der Waals surface area contributed by atoms with E-state index in [0.717, 1.165) is 53.3 Å². The van der Waals surface area contributed by atoms with Gasteiger partial charge in [0, 0.05) is 17.7 Å². The van der Waals surface area contributed by atoms with Crippen LogP contribution in [0.25, 0.3) is 0 Å². The summed E-state index contributed by atoms with van der Waals surface area (Å²) in [5.74, 6) is 7.34. The quantitative estimate of drug-likeness (QED) is 0.247. The minimum Gasteiger partial charge on any atom is -0.292 e. The number of rotatable bonds is 11. The minimum absolute atomic E-state index is 0.606. The molecule has 0 aromatic heterocycles. The number of likely N-dealkylation sites (tertiary alicyclic amines) is 1. The second-order valence-electron chi connectivity index (χ2n) is 15.2. The molecule has 3 saturated carbocycles. The van der Waals surface area contributed by atoms with Crippen LogP contribution in [0.5, 0.6) is 0 Å². The predicted molar refractivity (Wildman–Crippen MR) is 165 cm³/mol. The van der Waals surface area contributed by atoms with Gasteiger partial charge in [-0.3, -0.25) is 9.89 Å². The van der Waals surface area contributed by atoms with Gasteiger partial charge in [0.05, 0.1) is 12.1 Å². The number of hydrogen-bond acceptors (Lipinski definition) is 2. The largest absolute Gasteiger partial charge is 0.292 e. The van der Waals surface area contributed by atoms with Gasteiger partial charge in [-0.05, 0) is 119 Å². The smallest absolute Gasteiger partial charge is 0.0514 e. The summed E-state index contributed by atoms with van der Waals surface area (Å²) in [7, 11) is 0. The van der Waals surface area contributed by atoms with Crippen molar-refractivity contribution in [3.8, 4) is 0 Å². The zero-order valence-corrected chi connectivity index (χ0v) is 26.1. The van der Waals surface area contributed by atoms with Crippen molar-refractivity contribution in [1.29, 1.82) is 0 Å². The maximum Gasteiger partial charge on any atom is 0.0514 e. The van der Waals surface area contributed by atoms with Gasteiger partial charge in [0.2, 0.25) is 0 Å². The first kappa shape index (κ1) is 28.9. The molecule has 0 aromatic rings. The first-order valence-electron chi connectivity index (χ1n) is 17.3. The lowest BCUT2D eigenvalue weighted by Crippen LogP contribution is -2.47. The van der Waals surface area contributed by atoms with Crippen LogP contribution in [0.2, 0.25) is 0 Å². The molecule has 9 unspecified atom stereocenters. The van der Waals surface area contributed by atoms with E-state index in [1.54, 1.807) is 11.3 Å². The van der Waals surface area contributed by atoms with Crippen molar-refractivity contribution < 1.29 is 0 Å². The molecule has 0 aromatic carbocycles. The molecule has 2 nitrogen and oxygen atoms in total. The molecule has 5 rings (SSSR count). The van der Waals surface area contributed by atoms with E-state index in [1.165, 1.54) is 96.4 Å². The Hall–Kier alpha value is -0.630. The summed E-state index contributed by atoms with van der Waals surface area (Å²) in [6, 6.07) is 1.90. The maximum absolute atomic E-state index is 5.73. The van der Waals surface area contributed by atoms with Gasteiger partial charge in [-0.15, -0.1) is 0 Å². The van der Waals surface area contributed by atoms with E-state index >= 15 is 0 Å². The van der Waals surface area contributed by atoms with Gasteiger partial charge < -0.3 is 0 Å². The van der Waals surface area contributed by atoms with Crippen molar-refractivity contribution in [3.05, 3.63) is 12.2 Å². The highest BCUT2D eigenvalue weighted by Crippen LogP contribution is 2.54. The summed E-state index contributed by atoms with van der Waals surface area (Å²) in [6.45, 7) is 20.9. The summed E-state index contributed by atoms with van der Waals surface area (Å²) in [5, 5.41) is 0. The molecular formula is C36H62N2. The summed E-state index contributed by atoms with van der Waals surface area (Å²) in [4.78, 5) is 8.65. The Balaban J connectivity index is 1.38. The molecule has 216 valence electrons. The lowest BCUT2D eigenvalue weighted by atomic mass is 9.63. The molecule has 0 bridgehead atoms. The third-order valence-electron chi connectivity index (χ3n) is 12.3. The van der Waals surface area contributed by atoms with Crippen molar-refractivity contribution in [1.82, 2.24) is 4.90 Å². The van der Waals surface area contributed by atoms with E-state index in [2.05, 4.69) is 46.4 Å². The normalized spacial score (nSPS) is 38.3. The topological polar surface area (TPSA) is 15.6 Å². The Bertz CT molecular complexity index is 817. The van der Waals surface area contributed by atoms with Crippen LogP contribution in [0, 0.1) is 53.3 Å². The van der Waals surface area contributed by atoms with E-state index in [9.17, 15) is 0 Å². The molecule has 3 aliphatic carbocycles. The lowest BCUT2D eigenvalue weighted by Gasteiger charge is -2.45. The number of nitrogens with zero attached hydrogens (tertiary/aromatic N) is 2. The number of aliphatic imine (C=N–C) groups is 1. The van der Waals surface area contributed by atoms with Gasteiger partial charge in [0.1, 0.15) is 0 Å². The number of hydrogen-bond donors (Lipinski definition) is 0. The monoisotopic (exact) mass is 522 g/mol.